The molecule has 0 radical (unpaired) electrons. The van der Waals surface area contributed by atoms with Crippen molar-refractivity contribution in [1.82, 2.24) is 4.31 Å². The molecule has 21 heavy (non-hydrogen) atoms. The van der Waals surface area contributed by atoms with Crippen LogP contribution < -0.4 is 0 Å². The molecule has 0 saturated heterocycles. The van der Waals surface area contributed by atoms with Crippen LogP contribution >= 0.6 is 10.7 Å². The third-order valence-corrected chi connectivity index (χ3v) is 6.58. The highest BCUT2D eigenvalue weighted by Crippen LogP contribution is 2.22. The minimum Gasteiger partial charge on any atom is -0.207 e. The first kappa shape index (κ1) is 18.4. The summed E-state index contributed by atoms with van der Waals surface area (Å²) in [4.78, 5) is -0.279. The van der Waals surface area contributed by atoms with E-state index in [2.05, 4.69) is 0 Å². The molecule has 0 amide bonds. The molecule has 0 bridgehead atoms. The highest BCUT2D eigenvalue weighted by molar-refractivity contribution is 8.13. The Balaban J connectivity index is 3.23. The maximum atomic E-state index is 12.6. The van der Waals surface area contributed by atoms with E-state index in [-0.39, 0.29) is 15.7 Å². The van der Waals surface area contributed by atoms with Gasteiger partial charge in [0.05, 0.1) is 9.79 Å². The number of hydrogen-bond acceptors (Lipinski definition) is 4. The number of sulfonamides is 1. The molecule has 0 fully saturated rings. The second-order valence-electron chi connectivity index (χ2n) is 4.88. The molecular formula is C13H20ClNO4S2. The lowest BCUT2D eigenvalue weighted by molar-refractivity contribution is 0.361. The first-order chi connectivity index (χ1) is 9.62. The Morgan fingerprint density at radius 1 is 1.14 bits per heavy atom. The summed E-state index contributed by atoms with van der Waals surface area (Å²) in [6.07, 6.45) is 0.863. The molecule has 0 heterocycles. The topological polar surface area (TPSA) is 71.5 Å². The van der Waals surface area contributed by atoms with Crippen molar-refractivity contribution in [1.29, 1.82) is 0 Å². The number of halogens is 1. The largest absolute Gasteiger partial charge is 0.261 e. The zero-order valence-corrected chi connectivity index (χ0v) is 14.7. The summed E-state index contributed by atoms with van der Waals surface area (Å²) >= 11 is 0. The quantitative estimate of drug-likeness (QED) is 0.706. The van der Waals surface area contributed by atoms with Crippen LogP contribution in [-0.4, -0.2) is 34.2 Å². The average Bonchev–Trinajstić information content (AvgIpc) is 2.43. The zero-order valence-electron chi connectivity index (χ0n) is 12.3. The second kappa shape index (κ2) is 7.09. The Labute approximate surface area is 131 Å². The SMILES string of the molecule is CCC(C)CN(CC)S(=O)(=O)c1cccc(S(=O)(=O)Cl)c1. The van der Waals surface area contributed by atoms with E-state index in [0.717, 1.165) is 12.5 Å². The van der Waals surface area contributed by atoms with Crippen LogP contribution in [0, 0.1) is 5.92 Å². The third kappa shape index (κ3) is 4.67. The van der Waals surface area contributed by atoms with Crippen LogP contribution in [0.4, 0.5) is 0 Å². The smallest absolute Gasteiger partial charge is 0.207 e. The molecule has 0 aliphatic carbocycles. The van der Waals surface area contributed by atoms with E-state index in [0.29, 0.717) is 13.1 Å². The van der Waals surface area contributed by atoms with Gasteiger partial charge in [-0.1, -0.05) is 33.3 Å². The summed E-state index contributed by atoms with van der Waals surface area (Å²) in [7, 11) is -2.42. The van der Waals surface area contributed by atoms with Crippen LogP contribution in [0.3, 0.4) is 0 Å². The fourth-order valence-corrected chi connectivity index (χ4v) is 4.30. The van der Waals surface area contributed by atoms with Crippen molar-refractivity contribution in [3.8, 4) is 0 Å². The summed E-state index contributed by atoms with van der Waals surface area (Å²) in [6.45, 7) is 6.43. The molecule has 0 saturated carbocycles. The van der Waals surface area contributed by atoms with Crippen LogP contribution in [0.25, 0.3) is 0 Å². The standard InChI is InChI=1S/C13H20ClNO4S2/c1-4-11(3)10-15(5-2)21(18,19)13-8-6-7-12(9-13)20(14,16)17/h6-9,11H,4-5,10H2,1-3H3. The van der Waals surface area contributed by atoms with Crippen LogP contribution in [0.15, 0.2) is 34.1 Å². The highest BCUT2D eigenvalue weighted by Gasteiger charge is 2.25. The molecule has 0 N–H and O–H groups in total. The van der Waals surface area contributed by atoms with Gasteiger partial charge in [-0.3, -0.25) is 0 Å². The van der Waals surface area contributed by atoms with E-state index in [1.54, 1.807) is 6.92 Å². The van der Waals surface area contributed by atoms with E-state index in [1.165, 1.54) is 22.5 Å². The van der Waals surface area contributed by atoms with Crippen molar-refractivity contribution in [2.45, 2.75) is 37.0 Å². The summed E-state index contributed by atoms with van der Waals surface area (Å²) in [5.41, 5.74) is 0. The molecule has 1 unspecified atom stereocenters. The number of benzene rings is 1. The highest BCUT2D eigenvalue weighted by atomic mass is 35.7. The van der Waals surface area contributed by atoms with Crippen molar-refractivity contribution in [2.24, 2.45) is 5.92 Å². The molecule has 1 aromatic carbocycles. The van der Waals surface area contributed by atoms with Gasteiger partial charge in [-0.15, -0.1) is 0 Å². The molecule has 0 aliphatic rings. The van der Waals surface area contributed by atoms with Crippen molar-refractivity contribution < 1.29 is 16.8 Å². The van der Waals surface area contributed by atoms with Gasteiger partial charge in [0.25, 0.3) is 9.05 Å². The van der Waals surface area contributed by atoms with Gasteiger partial charge >= 0.3 is 0 Å². The lowest BCUT2D eigenvalue weighted by atomic mass is 10.1. The summed E-state index contributed by atoms with van der Waals surface area (Å²) in [6, 6.07) is 5.11. The lowest BCUT2D eigenvalue weighted by Gasteiger charge is -2.23. The molecule has 0 aromatic heterocycles. The molecular weight excluding hydrogens is 334 g/mol. The van der Waals surface area contributed by atoms with E-state index in [1.807, 2.05) is 13.8 Å². The van der Waals surface area contributed by atoms with Crippen molar-refractivity contribution in [2.75, 3.05) is 13.1 Å². The van der Waals surface area contributed by atoms with Gasteiger partial charge in [0.1, 0.15) is 0 Å². The second-order valence-corrected chi connectivity index (χ2v) is 9.39. The molecule has 0 aliphatic heterocycles. The fraction of sp³-hybridized carbons (Fsp3) is 0.538. The van der Waals surface area contributed by atoms with Gasteiger partial charge in [0, 0.05) is 23.8 Å². The minimum atomic E-state index is -3.96. The fourth-order valence-electron chi connectivity index (χ4n) is 1.81. The number of rotatable bonds is 7. The zero-order chi connectivity index (χ0) is 16.3. The Kier molecular flexibility index (Phi) is 6.22. The number of hydrogen-bond donors (Lipinski definition) is 0. The summed E-state index contributed by atoms with van der Waals surface area (Å²) in [5, 5.41) is 0. The van der Waals surface area contributed by atoms with Gasteiger partial charge < -0.3 is 0 Å². The maximum absolute atomic E-state index is 12.6. The molecule has 1 aromatic rings. The first-order valence-corrected chi connectivity index (χ1v) is 10.4. The average molecular weight is 354 g/mol. The maximum Gasteiger partial charge on any atom is 0.261 e. The van der Waals surface area contributed by atoms with Crippen LogP contribution in [0.1, 0.15) is 27.2 Å². The van der Waals surface area contributed by atoms with Crippen molar-refractivity contribution >= 4 is 29.8 Å². The predicted octanol–water partition coefficient (Wildman–Crippen LogP) is 2.67. The minimum absolute atomic E-state index is 0.0608. The first-order valence-electron chi connectivity index (χ1n) is 6.67. The normalized spacial score (nSPS) is 14.3. The Morgan fingerprint density at radius 3 is 2.19 bits per heavy atom. The van der Waals surface area contributed by atoms with E-state index < -0.39 is 19.1 Å². The van der Waals surface area contributed by atoms with Gasteiger partial charge in [-0.05, 0) is 24.1 Å². The Bertz CT molecular complexity index is 686. The van der Waals surface area contributed by atoms with Crippen molar-refractivity contribution in [3.63, 3.8) is 0 Å². The summed E-state index contributed by atoms with van der Waals surface area (Å²) in [5.74, 6) is 0.222. The molecule has 120 valence electrons. The van der Waals surface area contributed by atoms with Gasteiger partial charge in [0.2, 0.25) is 10.0 Å². The van der Waals surface area contributed by atoms with Crippen LogP contribution in [0.2, 0.25) is 0 Å². The van der Waals surface area contributed by atoms with Gasteiger partial charge in [0.15, 0.2) is 0 Å². The molecule has 5 nitrogen and oxygen atoms in total. The van der Waals surface area contributed by atoms with E-state index in [4.69, 9.17) is 10.7 Å². The summed E-state index contributed by atoms with van der Waals surface area (Å²) < 4.78 is 49.2. The Morgan fingerprint density at radius 2 is 1.71 bits per heavy atom. The predicted molar refractivity (Wildman–Crippen MR) is 83.4 cm³/mol. The Hall–Kier alpha value is -0.630. The monoisotopic (exact) mass is 353 g/mol. The van der Waals surface area contributed by atoms with Crippen molar-refractivity contribution in [3.05, 3.63) is 24.3 Å². The van der Waals surface area contributed by atoms with Gasteiger partial charge in [-0.25, -0.2) is 16.8 Å². The molecule has 0 spiro atoms. The molecule has 1 atom stereocenters. The molecule has 8 heteroatoms. The lowest BCUT2D eigenvalue weighted by Crippen LogP contribution is -2.34. The van der Waals surface area contributed by atoms with Crippen LogP contribution in [0.5, 0.6) is 0 Å². The van der Waals surface area contributed by atoms with Gasteiger partial charge in [-0.2, -0.15) is 4.31 Å². The third-order valence-electron chi connectivity index (χ3n) is 3.29. The van der Waals surface area contributed by atoms with E-state index in [9.17, 15) is 16.8 Å². The number of nitrogens with zero attached hydrogens (tertiary/aromatic N) is 1. The van der Waals surface area contributed by atoms with E-state index >= 15 is 0 Å². The molecule has 1 rings (SSSR count). The van der Waals surface area contributed by atoms with Crippen LogP contribution in [-0.2, 0) is 19.1 Å².